The average Bonchev–Trinajstić information content (AvgIpc) is 2.38. The van der Waals surface area contributed by atoms with Crippen molar-refractivity contribution >= 4 is 5.97 Å². The molecule has 5 nitrogen and oxygen atoms in total. The highest BCUT2D eigenvalue weighted by Gasteiger charge is 2.69. The van der Waals surface area contributed by atoms with Gasteiger partial charge in [-0.15, -0.1) is 0 Å². The topological polar surface area (TPSA) is 73.4 Å². The highest BCUT2D eigenvalue weighted by molar-refractivity contribution is 5.77. The molecule has 3 atom stereocenters. The van der Waals surface area contributed by atoms with E-state index >= 15 is 0 Å². The number of carbonyl (C=O) groups is 1. The highest BCUT2D eigenvalue weighted by Crippen LogP contribution is 2.62. The van der Waals surface area contributed by atoms with Crippen molar-refractivity contribution in [2.75, 3.05) is 21.1 Å². The van der Waals surface area contributed by atoms with Gasteiger partial charge in [0.1, 0.15) is 0 Å². The van der Waals surface area contributed by atoms with Crippen molar-refractivity contribution in [1.29, 1.82) is 0 Å². The molecule has 4 bridgehead atoms. The van der Waals surface area contributed by atoms with Crippen LogP contribution in [0.2, 0.25) is 0 Å². The van der Waals surface area contributed by atoms with Gasteiger partial charge in [0.05, 0.1) is 5.41 Å². The van der Waals surface area contributed by atoms with Crippen molar-refractivity contribution in [3.8, 4) is 0 Å². The fraction of sp³-hybridized carbons (Fsp3) is 0.929. The Morgan fingerprint density at radius 1 is 1.05 bits per heavy atom. The van der Waals surface area contributed by atoms with E-state index in [2.05, 4.69) is 16.0 Å². The monoisotopic (exact) mass is 267 g/mol. The lowest BCUT2D eigenvalue weighted by atomic mass is 9.42. The van der Waals surface area contributed by atoms with Crippen LogP contribution in [0.1, 0.15) is 32.1 Å². The van der Waals surface area contributed by atoms with Crippen LogP contribution in [-0.2, 0) is 4.79 Å². The summed E-state index contributed by atoms with van der Waals surface area (Å²) in [6.45, 7) is 0. The van der Waals surface area contributed by atoms with E-state index in [1.54, 1.807) is 0 Å². The lowest BCUT2D eigenvalue weighted by Crippen LogP contribution is -2.77. The molecule has 4 fully saturated rings. The number of nitrogens with one attached hydrogen (secondary N) is 3. The van der Waals surface area contributed by atoms with E-state index in [0.29, 0.717) is 5.92 Å². The first-order valence-electron chi connectivity index (χ1n) is 7.23. The molecule has 0 aliphatic heterocycles. The first-order chi connectivity index (χ1) is 8.95. The Morgan fingerprint density at radius 3 is 1.95 bits per heavy atom. The molecule has 19 heavy (non-hydrogen) atoms. The highest BCUT2D eigenvalue weighted by atomic mass is 16.4. The minimum atomic E-state index is -0.629. The number of hydrogen-bond donors (Lipinski definition) is 4. The van der Waals surface area contributed by atoms with Gasteiger partial charge >= 0.3 is 5.97 Å². The summed E-state index contributed by atoms with van der Waals surface area (Å²) in [5.41, 5.74) is -0.633. The van der Waals surface area contributed by atoms with Crippen LogP contribution in [0.4, 0.5) is 0 Å². The van der Waals surface area contributed by atoms with Crippen LogP contribution < -0.4 is 16.0 Å². The first kappa shape index (κ1) is 13.3. The van der Waals surface area contributed by atoms with Gasteiger partial charge in [-0.3, -0.25) is 4.79 Å². The van der Waals surface area contributed by atoms with Crippen LogP contribution in [-0.4, -0.2) is 49.3 Å². The summed E-state index contributed by atoms with van der Waals surface area (Å²) in [6.07, 6.45) is 4.73. The van der Waals surface area contributed by atoms with E-state index in [1.165, 1.54) is 0 Å². The number of hydrogen-bond acceptors (Lipinski definition) is 4. The van der Waals surface area contributed by atoms with E-state index in [-0.39, 0.29) is 17.1 Å². The molecule has 0 amide bonds. The fourth-order valence-electron chi connectivity index (χ4n) is 5.67. The van der Waals surface area contributed by atoms with Crippen molar-refractivity contribution in [2.24, 2.45) is 11.3 Å². The van der Waals surface area contributed by atoms with Gasteiger partial charge in [-0.2, -0.15) is 0 Å². The molecule has 4 aliphatic rings. The zero-order valence-corrected chi connectivity index (χ0v) is 12.0. The van der Waals surface area contributed by atoms with Crippen LogP contribution in [0.15, 0.2) is 0 Å². The molecule has 0 aromatic heterocycles. The quantitative estimate of drug-likeness (QED) is 0.584. The predicted molar refractivity (Wildman–Crippen MR) is 73.1 cm³/mol. The van der Waals surface area contributed by atoms with Crippen LogP contribution in [0.25, 0.3) is 0 Å². The van der Waals surface area contributed by atoms with Gasteiger partial charge < -0.3 is 21.1 Å². The molecule has 0 radical (unpaired) electrons. The maximum Gasteiger partial charge on any atom is 0.311 e. The normalized spacial score (nSPS) is 51.5. The molecule has 3 unspecified atom stereocenters. The van der Waals surface area contributed by atoms with Crippen LogP contribution in [0, 0.1) is 11.3 Å². The van der Waals surface area contributed by atoms with Gasteiger partial charge in [0.25, 0.3) is 0 Å². The summed E-state index contributed by atoms with van der Waals surface area (Å²) in [7, 11) is 5.89. The minimum absolute atomic E-state index is 0.00405. The number of carboxylic acids is 1. The number of rotatable bonds is 4. The zero-order chi connectivity index (χ0) is 13.9. The Hall–Kier alpha value is -0.650. The lowest BCUT2D eigenvalue weighted by molar-refractivity contribution is -0.179. The van der Waals surface area contributed by atoms with Gasteiger partial charge in [-0.1, -0.05) is 0 Å². The molecule has 0 saturated heterocycles. The van der Waals surface area contributed by atoms with Crippen molar-refractivity contribution in [2.45, 2.75) is 49.2 Å². The van der Waals surface area contributed by atoms with Crippen molar-refractivity contribution in [3.63, 3.8) is 0 Å². The van der Waals surface area contributed by atoms with Crippen LogP contribution in [0.3, 0.4) is 0 Å². The second-order valence-corrected chi connectivity index (χ2v) is 6.99. The third kappa shape index (κ3) is 1.55. The standard InChI is InChI=1S/C14H25N3O2/c1-15-10-9-4-12(16-2)6-13(5-9,17-3)8-14(10,7-12)11(18)19/h9-10,15-17H,4-8H2,1-3H3,(H,18,19). The molecular weight excluding hydrogens is 242 g/mol. The molecule has 4 aliphatic carbocycles. The van der Waals surface area contributed by atoms with Crippen molar-refractivity contribution in [3.05, 3.63) is 0 Å². The maximum absolute atomic E-state index is 12.0. The second-order valence-electron chi connectivity index (χ2n) is 6.99. The fourth-order valence-corrected chi connectivity index (χ4v) is 5.67. The summed E-state index contributed by atoms with van der Waals surface area (Å²) in [6, 6.07) is 0.105. The van der Waals surface area contributed by atoms with E-state index in [4.69, 9.17) is 0 Å². The Balaban J connectivity index is 2.09. The molecule has 0 heterocycles. The summed E-state index contributed by atoms with van der Waals surface area (Å²) in [5.74, 6) is -0.188. The summed E-state index contributed by atoms with van der Waals surface area (Å²) in [4.78, 5) is 12.0. The Kier molecular flexibility index (Phi) is 2.76. The van der Waals surface area contributed by atoms with Gasteiger partial charge in [-0.25, -0.2) is 0 Å². The van der Waals surface area contributed by atoms with Crippen LogP contribution >= 0.6 is 0 Å². The zero-order valence-electron chi connectivity index (χ0n) is 12.0. The molecule has 0 spiro atoms. The molecule has 4 saturated carbocycles. The molecule has 5 heteroatoms. The number of carboxylic acid groups (broad SMARTS) is 1. The third-order valence-corrected chi connectivity index (χ3v) is 6.15. The molecule has 108 valence electrons. The second kappa shape index (κ2) is 3.93. The van der Waals surface area contributed by atoms with Crippen LogP contribution in [0.5, 0.6) is 0 Å². The van der Waals surface area contributed by atoms with Crippen molar-refractivity contribution < 1.29 is 9.90 Å². The Morgan fingerprint density at radius 2 is 1.58 bits per heavy atom. The van der Waals surface area contributed by atoms with E-state index in [0.717, 1.165) is 32.1 Å². The average molecular weight is 267 g/mol. The minimum Gasteiger partial charge on any atom is -0.481 e. The Bertz CT molecular complexity index is 391. The van der Waals surface area contributed by atoms with E-state index < -0.39 is 11.4 Å². The largest absolute Gasteiger partial charge is 0.481 e. The molecule has 4 rings (SSSR count). The van der Waals surface area contributed by atoms with E-state index in [1.807, 2.05) is 21.1 Å². The van der Waals surface area contributed by atoms with Gasteiger partial charge in [0, 0.05) is 17.1 Å². The van der Waals surface area contributed by atoms with Crippen molar-refractivity contribution in [1.82, 2.24) is 16.0 Å². The molecular formula is C14H25N3O2. The first-order valence-corrected chi connectivity index (χ1v) is 7.23. The van der Waals surface area contributed by atoms with Gasteiger partial charge in [0.15, 0.2) is 0 Å². The molecule has 0 aromatic rings. The number of aliphatic carboxylic acids is 1. The third-order valence-electron chi connectivity index (χ3n) is 6.15. The predicted octanol–water partition coefficient (Wildman–Crippen LogP) is 0.169. The summed E-state index contributed by atoms with van der Waals surface area (Å²) in [5, 5.41) is 20.1. The lowest BCUT2D eigenvalue weighted by Gasteiger charge is -2.68. The van der Waals surface area contributed by atoms with E-state index in [9.17, 15) is 9.90 Å². The summed E-state index contributed by atoms with van der Waals surface area (Å²) >= 11 is 0. The maximum atomic E-state index is 12.0. The SMILES string of the molecule is CNC1C2CC3(NC)CC(NC)(C2)CC1(C(=O)O)C3. The van der Waals surface area contributed by atoms with Gasteiger partial charge in [-0.05, 0) is 59.2 Å². The van der Waals surface area contributed by atoms with Gasteiger partial charge in [0.2, 0.25) is 0 Å². The Labute approximate surface area is 114 Å². The molecule has 4 N–H and O–H groups in total. The smallest absolute Gasteiger partial charge is 0.311 e. The summed E-state index contributed by atoms with van der Waals surface area (Å²) < 4.78 is 0. The molecule has 0 aromatic carbocycles.